The summed E-state index contributed by atoms with van der Waals surface area (Å²) in [6, 6.07) is 0. The van der Waals surface area contributed by atoms with E-state index in [4.69, 9.17) is 5.73 Å². The molecule has 2 saturated heterocycles. The van der Waals surface area contributed by atoms with Crippen molar-refractivity contribution in [3.8, 4) is 0 Å². The van der Waals surface area contributed by atoms with Gasteiger partial charge in [0.25, 0.3) is 0 Å². The molecule has 3 amide bonds. The Morgan fingerprint density at radius 3 is 2.50 bits per heavy atom. The van der Waals surface area contributed by atoms with Crippen LogP contribution in [0.5, 0.6) is 0 Å². The van der Waals surface area contributed by atoms with Crippen LogP contribution in [-0.4, -0.2) is 53.7 Å². The molecule has 2 aliphatic rings. The zero-order chi connectivity index (χ0) is 13.1. The maximum absolute atomic E-state index is 11.6. The average molecular weight is 253 g/mol. The van der Waals surface area contributed by atoms with E-state index in [2.05, 4.69) is 0 Å². The highest BCUT2D eigenvalue weighted by atomic mass is 16.2. The van der Waals surface area contributed by atoms with E-state index in [-0.39, 0.29) is 24.2 Å². The third kappa shape index (κ3) is 2.80. The number of nitrogens with two attached hydrogens (primary N) is 1. The second-order valence-corrected chi connectivity index (χ2v) is 4.98. The molecule has 1 atom stereocenters. The summed E-state index contributed by atoms with van der Waals surface area (Å²) in [6.45, 7) is 2.56. The summed E-state index contributed by atoms with van der Waals surface area (Å²) in [5, 5.41) is 0. The number of likely N-dealkylation sites (tertiary alicyclic amines) is 2. The van der Waals surface area contributed by atoms with Gasteiger partial charge in [-0.1, -0.05) is 0 Å². The van der Waals surface area contributed by atoms with Gasteiger partial charge in [-0.05, 0) is 12.8 Å². The van der Waals surface area contributed by atoms with Crippen LogP contribution >= 0.6 is 0 Å². The molecule has 6 nitrogen and oxygen atoms in total. The van der Waals surface area contributed by atoms with Crippen LogP contribution in [0.4, 0.5) is 0 Å². The Morgan fingerprint density at radius 2 is 1.94 bits per heavy atom. The van der Waals surface area contributed by atoms with E-state index in [1.807, 2.05) is 4.90 Å². The minimum atomic E-state index is -0.402. The summed E-state index contributed by atoms with van der Waals surface area (Å²) in [4.78, 5) is 37.5. The van der Waals surface area contributed by atoms with Gasteiger partial charge in [-0.2, -0.15) is 0 Å². The molecule has 1 unspecified atom stereocenters. The lowest BCUT2D eigenvalue weighted by Crippen LogP contribution is -2.32. The fraction of sp³-hybridized carbons (Fsp3) is 0.750. The Kier molecular flexibility index (Phi) is 3.84. The third-order valence-electron chi connectivity index (χ3n) is 3.64. The molecule has 6 heteroatoms. The molecule has 2 N–H and O–H groups in total. The van der Waals surface area contributed by atoms with Gasteiger partial charge in [0, 0.05) is 39.0 Å². The van der Waals surface area contributed by atoms with Gasteiger partial charge in [0.2, 0.25) is 17.7 Å². The SMILES string of the molecule is NC(=O)C1CC(=O)N(CCCN2CCCC2=O)C1. The topological polar surface area (TPSA) is 83.7 Å². The van der Waals surface area contributed by atoms with E-state index in [1.54, 1.807) is 4.90 Å². The van der Waals surface area contributed by atoms with Gasteiger partial charge >= 0.3 is 0 Å². The zero-order valence-electron chi connectivity index (χ0n) is 10.4. The number of carbonyl (C=O) groups excluding carboxylic acids is 3. The van der Waals surface area contributed by atoms with Gasteiger partial charge < -0.3 is 15.5 Å². The fourth-order valence-corrected chi connectivity index (χ4v) is 2.57. The molecule has 2 fully saturated rings. The number of hydrogen-bond donors (Lipinski definition) is 1. The Hall–Kier alpha value is -1.59. The summed E-state index contributed by atoms with van der Waals surface area (Å²) >= 11 is 0. The van der Waals surface area contributed by atoms with Crippen molar-refractivity contribution in [3.05, 3.63) is 0 Å². The largest absolute Gasteiger partial charge is 0.369 e. The zero-order valence-corrected chi connectivity index (χ0v) is 10.4. The van der Waals surface area contributed by atoms with Crippen molar-refractivity contribution in [1.82, 2.24) is 9.80 Å². The number of carbonyl (C=O) groups is 3. The summed E-state index contributed by atoms with van der Waals surface area (Å²) < 4.78 is 0. The van der Waals surface area contributed by atoms with Crippen LogP contribution < -0.4 is 5.73 Å². The lowest BCUT2D eigenvalue weighted by molar-refractivity contribution is -0.128. The van der Waals surface area contributed by atoms with Gasteiger partial charge in [0.1, 0.15) is 0 Å². The summed E-state index contributed by atoms with van der Waals surface area (Å²) in [5.41, 5.74) is 5.20. The smallest absolute Gasteiger partial charge is 0.223 e. The van der Waals surface area contributed by atoms with Crippen molar-refractivity contribution >= 4 is 17.7 Å². The van der Waals surface area contributed by atoms with Gasteiger partial charge in [-0.15, -0.1) is 0 Å². The first-order chi connectivity index (χ1) is 8.58. The highest BCUT2D eigenvalue weighted by molar-refractivity contribution is 5.88. The molecule has 0 aromatic rings. The first kappa shape index (κ1) is 12.9. The summed E-state index contributed by atoms with van der Waals surface area (Å²) in [7, 11) is 0. The predicted molar refractivity (Wildman–Crippen MR) is 64.3 cm³/mol. The molecule has 100 valence electrons. The highest BCUT2D eigenvalue weighted by Crippen LogP contribution is 2.18. The molecular weight excluding hydrogens is 234 g/mol. The van der Waals surface area contributed by atoms with E-state index >= 15 is 0 Å². The van der Waals surface area contributed by atoms with Gasteiger partial charge in [-0.25, -0.2) is 0 Å². The molecule has 18 heavy (non-hydrogen) atoms. The van der Waals surface area contributed by atoms with Crippen LogP contribution in [0.15, 0.2) is 0 Å². The summed E-state index contributed by atoms with van der Waals surface area (Å²) in [6.07, 6.45) is 2.58. The van der Waals surface area contributed by atoms with E-state index in [9.17, 15) is 14.4 Å². The molecule has 0 saturated carbocycles. The molecule has 0 spiro atoms. The number of rotatable bonds is 5. The standard InChI is InChI=1S/C12H19N3O3/c13-12(18)9-7-11(17)15(8-9)6-2-5-14-4-1-3-10(14)16/h9H,1-8H2,(H2,13,18). The number of primary amides is 1. The van der Waals surface area contributed by atoms with Crippen molar-refractivity contribution < 1.29 is 14.4 Å². The second-order valence-electron chi connectivity index (χ2n) is 4.98. The normalized spacial score (nSPS) is 24.1. The van der Waals surface area contributed by atoms with Crippen LogP contribution in [0.1, 0.15) is 25.7 Å². The van der Waals surface area contributed by atoms with Crippen LogP contribution in [-0.2, 0) is 14.4 Å². The van der Waals surface area contributed by atoms with E-state index in [0.717, 1.165) is 19.4 Å². The van der Waals surface area contributed by atoms with E-state index < -0.39 is 5.91 Å². The lowest BCUT2D eigenvalue weighted by Gasteiger charge is -2.19. The Balaban J connectivity index is 1.72. The van der Waals surface area contributed by atoms with Crippen LogP contribution in [0, 0.1) is 5.92 Å². The molecule has 0 bridgehead atoms. The predicted octanol–water partition coefficient (Wildman–Crippen LogP) is -0.667. The second kappa shape index (κ2) is 5.37. The molecular formula is C12H19N3O3. The molecule has 0 aromatic heterocycles. The van der Waals surface area contributed by atoms with E-state index in [1.165, 1.54) is 0 Å². The third-order valence-corrected chi connectivity index (χ3v) is 3.64. The van der Waals surface area contributed by atoms with Crippen molar-refractivity contribution in [1.29, 1.82) is 0 Å². The molecule has 0 radical (unpaired) electrons. The molecule has 2 rings (SSSR count). The Labute approximate surface area is 106 Å². The van der Waals surface area contributed by atoms with Gasteiger partial charge in [0.15, 0.2) is 0 Å². The maximum atomic E-state index is 11.6. The number of nitrogens with zero attached hydrogens (tertiary/aromatic N) is 2. The van der Waals surface area contributed by atoms with Crippen molar-refractivity contribution in [2.75, 3.05) is 26.2 Å². The minimum Gasteiger partial charge on any atom is -0.369 e. The monoisotopic (exact) mass is 253 g/mol. The highest BCUT2D eigenvalue weighted by Gasteiger charge is 2.32. The van der Waals surface area contributed by atoms with Crippen LogP contribution in [0.2, 0.25) is 0 Å². The van der Waals surface area contributed by atoms with Gasteiger partial charge in [0.05, 0.1) is 5.92 Å². The molecule has 2 aliphatic heterocycles. The van der Waals surface area contributed by atoms with E-state index in [0.29, 0.717) is 26.1 Å². The quantitative estimate of drug-likeness (QED) is 0.705. The van der Waals surface area contributed by atoms with Crippen molar-refractivity contribution in [3.63, 3.8) is 0 Å². The molecule has 0 aromatic carbocycles. The van der Waals surface area contributed by atoms with Gasteiger partial charge in [-0.3, -0.25) is 14.4 Å². The molecule has 0 aliphatic carbocycles. The maximum Gasteiger partial charge on any atom is 0.223 e. The van der Waals surface area contributed by atoms with Crippen molar-refractivity contribution in [2.24, 2.45) is 11.7 Å². The Bertz CT molecular complexity index is 370. The summed E-state index contributed by atoms with van der Waals surface area (Å²) in [5.74, 6) is -0.546. The number of hydrogen-bond acceptors (Lipinski definition) is 3. The van der Waals surface area contributed by atoms with Crippen LogP contribution in [0.3, 0.4) is 0 Å². The minimum absolute atomic E-state index is 0.00783. The van der Waals surface area contributed by atoms with Crippen molar-refractivity contribution in [2.45, 2.75) is 25.7 Å². The average Bonchev–Trinajstić information content (AvgIpc) is 2.87. The molecule has 2 heterocycles. The first-order valence-electron chi connectivity index (χ1n) is 6.43. The number of amides is 3. The Morgan fingerprint density at radius 1 is 1.22 bits per heavy atom. The fourth-order valence-electron chi connectivity index (χ4n) is 2.57. The van der Waals surface area contributed by atoms with Crippen LogP contribution in [0.25, 0.3) is 0 Å². The lowest BCUT2D eigenvalue weighted by atomic mass is 10.1. The first-order valence-corrected chi connectivity index (χ1v) is 6.43.